The summed E-state index contributed by atoms with van der Waals surface area (Å²) in [5.41, 5.74) is 6.44. The molecule has 0 unspecified atom stereocenters. The van der Waals surface area contributed by atoms with Gasteiger partial charge in [-0.15, -0.1) is 22.7 Å². The first-order chi connectivity index (χ1) is 13.7. The predicted octanol–water partition coefficient (Wildman–Crippen LogP) is 3.19. The molecular weight excluding hydrogens is 396 g/mol. The number of ether oxygens (including phenoxy) is 1. The van der Waals surface area contributed by atoms with E-state index in [1.165, 1.54) is 6.20 Å². The molecular formula is C18H16N6O2S2. The van der Waals surface area contributed by atoms with Crippen LogP contribution in [0.15, 0.2) is 41.6 Å². The van der Waals surface area contributed by atoms with Gasteiger partial charge in [0.2, 0.25) is 0 Å². The maximum absolute atomic E-state index is 11.0. The summed E-state index contributed by atoms with van der Waals surface area (Å²) in [6.07, 6.45) is 5.62. The Morgan fingerprint density at radius 2 is 2.11 bits per heavy atom. The van der Waals surface area contributed by atoms with E-state index in [0.717, 1.165) is 33.0 Å². The van der Waals surface area contributed by atoms with E-state index >= 15 is 0 Å². The Balaban J connectivity index is 1.36. The van der Waals surface area contributed by atoms with Gasteiger partial charge in [-0.3, -0.25) is 4.79 Å². The van der Waals surface area contributed by atoms with E-state index < -0.39 is 5.91 Å². The zero-order chi connectivity index (χ0) is 19.3. The van der Waals surface area contributed by atoms with E-state index in [0.29, 0.717) is 18.9 Å². The van der Waals surface area contributed by atoms with Crippen molar-refractivity contribution >= 4 is 44.6 Å². The molecule has 0 aliphatic carbocycles. The molecule has 4 aromatic heterocycles. The number of rotatable bonds is 8. The van der Waals surface area contributed by atoms with E-state index in [4.69, 9.17) is 10.5 Å². The lowest BCUT2D eigenvalue weighted by Gasteiger charge is -2.09. The number of anilines is 1. The smallest absolute Gasteiger partial charge is 0.267 e. The Hall–Kier alpha value is -3.11. The number of primary amides is 1. The molecule has 4 heterocycles. The molecule has 4 aromatic rings. The highest BCUT2D eigenvalue weighted by Crippen LogP contribution is 2.37. The summed E-state index contributed by atoms with van der Waals surface area (Å²) in [6, 6.07) is 3.23. The first-order valence-electron chi connectivity index (χ1n) is 8.47. The standard InChI is InChI=1S/C18H16N6O2S2/c19-15(25)13-3-2-11(8-22-13)26-6-1-4-20-16-14-12(17-21-5-7-27-17)9-28-18(14)24-10-23-16/h2-3,5,7-10H,1,4,6H2,(H2,19,25)(H,20,23,24). The molecule has 28 heavy (non-hydrogen) atoms. The molecule has 0 aliphatic rings. The van der Waals surface area contributed by atoms with Crippen LogP contribution in [0.1, 0.15) is 16.9 Å². The van der Waals surface area contributed by atoms with Gasteiger partial charge in [-0.05, 0) is 18.6 Å². The molecule has 0 spiro atoms. The molecule has 3 N–H and O–H groups in total. The number of amides is 1. The average molecular weight is 413 g/mol. The second-order valence-electron chi connectivity index (χ2n) is 5.76. The lowest BCUT2D eigenvalue weighted by atomic mass is 10.2. The fourth-order valence-electron chi connectivity index (χ4n) is 2.60. The minimum Gasteiger partial charge on any atom is -0.492 e. The molecule has 0 saturated carbocycles. The number of aromatic nitrogens is 4. The van der Waals surface area contributed by atoms with Crippen LogP contribution >= 0.6 is 22.7 Å². The SMILES string of the molecule is NC(=O)c1ccc(OCCCNc2ncnc3scc(-c4nccs4)c23)cn1. The summed E-state index contributed by atoms with van der Waals surface area (Å²) in [6.45, 7) is 1.19. The number of pyridine rings is 1. The molecule has 0 atom stereocenters. The van der Waals surface area contributed by atoms with E-state index in [-0.39, 0.29) is 5.69 Å². The van der Waals surface area contributed by atoms with Gasteiger partial charge in [-0.2, -0.15) is 0 Å². The van der Waals surface area contributed by atoms with Crippen molar-refractivity contribution in [3.05, 3.63) is 47.3 Å². The van der Waals surface area contributed by atoms with Crippen molar-refractivity contribution < 1.29 is 9.53 Å². The normalized spacial score (nSPS) is 10.9. The van der Waals surface area contributed by atoms with Crippen molar-refractivity contribution in [1.82, 2.24) is 19.9 Å². The Labute approximate surface area is 168 Å². The van der Waals surface area contributed by atoms with Gasteiger partial charge in [0.1, 0.15) is 33.4 Å². The third kappa shape index (κ3) is 3.92. The fourth-order valence-corrected chi connectivity index (χ4v) is 4.23. The van der Waals surface area contributed by atoms with Gasteiger partial charge in [0.05, 0.1) is 18.2 Å². The van der Waals surface area contributed by atoms with Crippen LogP contribution < -0.4 is 15.8 Å². The number of carbonyl (C=O) groups is 1. The molecule has 8 nitrogen and oxygen atoms in total. The van der Waals surface area contributed by atoms with Crippen LogP contribution in [-0.4, -0.2) is 39.0 Å². The number of thiazole rings is 1. The van der Waals surface area contributed by atoms with Gasteiger partial charge in [0.25, 0.3) is 5.91 Å². The van der Waals surface area contributed by atoms with E-state index in [1.54, 1.807) is 47.3 Å². The molecule has 0 radical (unpaired) electrons. The van der Waals surface area contributed by atoms with Gasteiger partial charge >= 0.3 is 0 Å². The van der Waals surface area contributed by atoms with Gasteiger partial charge in [0, 0.05) is 29.1 Å². The summed E-state index contributed by atoms with van der Waals surface area (Å²) >= 11 is 3.18. The van der Waals surface area contributed by atoms with Gasteiger partial charge in [-0.25, -0.2) is 19.9 Å². The van der Waals surface area contributed by atoms with Crippen LogP contribution in [0.2, 0.25) is 0 Å². The van der Waals surface area contributed by atoms with Crippen molar-refractivity contribution in [3.63, 3.8) is 0 Å². The fraction of sp³-hybridized carbons (Fsp3) is 0.167. The Kier molecular flexibility index (Phi) is 5.40. The van der Waals surface area contributed by atoms with E-state index in [9.17, 15) is 4.79 Å². The van der Waals surface area contributed by atoms with Crippen molar-refractivity contribution in [3.8, 4) is 16.3 Å². The van der Waals surface area contributed by atoms with Crippen molar-refractivity contribution in [1.29, 1.82) is 0 Å². The molecule has 0 aliphatic heterocycles. The average Bonchev–Trinajstić information content (AvgIpc) is 3.38. The van der Waals surface area contributed by atoms with Crippen LogP contribution in [0, 0.1) is 0 Å². The predicted molar refractivity (Wildman–Crippen MR) is 110 cm³/mol. The molecule has 142 valence electrons. The second kappa shape index (κ2) is 8.28. The van der Waals surface area contributed by atoms with Crippen molar-refractivity contribution in [2.45, 2.75) is 6.42 Å². The van der Waals surface area contributed by atoms with Crippen LogP contribution in [0.4, 0.5) is 5.82 Å². The maximum atomic E-state index is 11.0. The lowest BCUT2D eigenvalue weighted by Crippen LogP contribution is -2.13. The second-order valence-corrected chi connectivity index (χ2v) is 7.51. The highest BCUT2D eigenvalue weighted by atomic mass is 32.1. The third-order valence-electron chi connectivity index (χ3n) is 3.90. The largest absolute Gasteiger partial charge is 0.492 e. The summed E-state index contributed by atoms with van der Waals surface area (Å²) in [4.78, 5) is 29.0. The van der Waals surface area contributed by atoms with Crippen LogP contribution in [0.3, 0.4) is 0 Å². The number of nitrogens with zero attached hydrogens (tertiary/aromatic N) is 4. The molecule has 0 saturated heterocycles. The van der Waals surface area contributed by atoms with E-state index in [2.05, 4.69) is 30.6 Å². The summed E-state index contributed by atoms with van der Waals surface area (Å²) in [7, 11) is 0. The van der Waals surface area contributed by atoms with Crippen molar-refractivity contribution in [2.75, 3.05) is 18.5 Å². The third-order valence-corrected chi connectivity index (χ3v) is 5.60. The number of thiophene rings is 1. The van der Waals surface area contributed by atoms with Crippen molar-refractivity contribution in [2.24, 2.45) is 5.73 Å². The Morgan fingerprint density at radius 1 is 1.18 bits per heavy atom. The lowest BCUT2D eigenvalue weighted by molar-refractivity contribution is 0.0995. The number of hydrogen-bond donors (Lipinski definition) is 2. The van der Waals surface area contributed by atoms with Crippen LogP contribution in [-0.2, 0) is 0 Å². The van der Waals surface area contributed by atoms with Gasteiger partial charge in [0.15, 0.2) is 0 Å². The number of carbonyl (C=O) groups excluding carboxylic acids is 1. The number of hydrogen-bond acceptors (Lipinski definition) is 9. The number of nitrogens with two attached hydrogens (primary N) is 1. The minimum atomic E-state index is -0.558. The first kappa shape index (κ1) is 18.3. The maximum Gasteiger partial charge on any atom is 0.267 e. The summed E-state index contributed by atoms with van der Waals surface area (Å²) in [5, 5.41) is 9.34. The minimum absolute atomic E-state index is 0.216. The zero-order valence-corrected chi connectivity index (χ0v) is 16.3. The quantitative estimate of drug-likeness (QED) is 0.427. The zero-order valence-electron chi connectivity index (χ0n) is 14.7. The molecule has 10 heteroatoms. The number of nitrogens with one attached hydrogen (secondary N) is 1. The highest BCUT2D eigenvalue weighted by molar-refractivity contribution is 7.18. The molecule has 0 bridgehead atoms. The Morgan fingerprint density at radius 3 is 2.86 bits per heavy atom. The van der Waals surface area contributed by atoms with Gasteiger partial charge < -0.3 is 15.8 Å². The van der Waals surface area contributed by atoms with Gasteiger partial charge in [-0.1, -0.05) is 0 Å². The van der Waals surface area contributed by atoms with Crippen LogP contribution in [0.5, 0.6) is 5.75 Å². The first-order valence-corrected chi connectivity index (χ1v) is 10.2. The summed E-state index contributed by atoms with van der Waals surface area (Å²) in [5.74, 6) is 0.833. The number of fused-ring (bicyclic) bond motifs is 1. The molecule has 4 rings (SSSR count). The molecule has 0 fully saturated rings. The summed E-state index contributed by atoms with van der Waals surface area (Å²) < 4.78 is 5.64. The highest BCUT2D eigenvalue weighted by Gasteiger charge is 2.14. The molecule has 1 amide bonds. The monoisotopic (exact) mass is 412 g/mol. The Bertz CT molecular complexity index is 1080. The van der Waals surface area contributed by atoms with E-state index in [1.807, 2.05) is 5.38 Å². The topological polar surface area (TPSA) is 116 Å². The molecule has 0 aromatic carbocycles. The van der Waals surface area contributed by atoms with Crippen LogP contribution in [0.25, 0.3) is 20.8 Å².